The Morgan fingerprint density at radius 3 is 2.26 bits per heavy atom. The predicted octanol–water partition coefficient (Wildman–Crippen LogP) is 3.31. The van der Waals surface area contributed by atoms with Gasteiger partial charge in [-0.25, -0.2) is 0 Å². The van der Waals surface area contributed by atoms with Gasteiger partial charge in [-0.15, -0.1) is 0 Å². The molecule has 0 aromatic heterocycles. The SMILES string of the molecule is CC.CCN1CCCC(N2CCN(Cc3ccccc3)CC2)C1. The Hall–Kier alpha value is -0.900. The summed E-state index contributed by atoms with van der Waals surface area (Å²) in [5.74, 6) is 0. The number of hydrogen-bond acceptors (Lipinski definition) is 3. The molecule has 1 aromatic rings. The smallest absolute Gasteiger partial charge is 0.0234 e. The van der Waals surface area contributed by atoms with E-state index in [1.54, 1.807) is 0 Å². The Bertz CT molecular complexity index is 412. The molecule has 130 valence electrons. The first-order chi connectivity index (χ1) is 11.3. The summed E-state index contributed by atoms with van der Waals surface area (Å²) in [6.45, 7) is 16.1. The maximum absolute atomic E-state index is 2.74. The van der Waals surface area contributed by atoms with Gasteiger partial charge < -0.3 is 4.90 Å². The van der Waals surface area contributed by atoms with E-state index >= 15 is 0 Å². The van der Waals surface area contributed by atoms with Crippen LogP contribution in [0.2, 0.25) is 0 Å². The van der Waals surface area contributed by atoms with Crippen molar-refractivity contribution >= 4 is 0 Å². The van der Waals surface area contributed by atoms with Crippen LogP contribution in [0.5, 0.6) is 0 Å². The molecule has 3 rings (SSSR count). The fraction of sp³-hybridized carbons (Fsp3) is 0.700. The summed E-state index contributed by atoms with van der Waals surface area (Å²) >= 11 is 0. The fourth-order valence-corrected chi connectivity index (χ4v) is 3.74. The van der Waals surface area contributed by atoms with Gasteiger partial charge in [0.2, 0.25) is 0 Å². The summed E-state index contributed by atoms with van der Waals surface area (Å²) in [5.41, 5.74) is 1.45. The van der Waals surface area contributed by atoms with E-state index in [-0.39, 0.29) is 0 Å². The lowest BCUT2D eigenvalue weighted by Gasteiger charge is -2.43. The van der Waals surface area contributed by atoms with Crippen molar-refractivity contribution in [3.8, 4) is 0 Å². The summed E-state index contributed by atoms with van der Waals surface area (Å²) in [6, 6.07) is 11.7. The van der Waals surface area contributed by atoms with Crippen molar-refractivity contribution in [2.24, 2.45) is 0 Å². The third-order valence-electron chi connectivity index (χ3n) is 5.10. The van der Waals surface area contributed by atoms with Gasteiger partial charge in [-0.2, -0.15) is 0 Å². The number of piperazine rings is 1. The Morgan fingerprint density at radius 1 is 0.913 bits per heavy atom. The van der Waals surface area contributed by atoms with Crippen LogP contribution in [0, 0.1) is 0 Å². The molecule has 0 N–H and O–H groups in total. The molecule has 1 atom stereocenters. The Morgan fingerprint density at radius 2 is 1.61 bits per heavy atom. The van der Waals surface area contributed by atoms with Crippen molar-refractivity contribution in [1.29, 1.82) is 0 Å². The zero-order valence-electron chi connectivity index (χ0n) is 15.4. The fourth-order valence-electron chi connectivity index (χ4n) is 3.74. The maximum Gasteiger partial charge on any atom is 0.0234 e. The van der Waals surface area contributed by atoms with Crippen LogP contribution in [0.1, 0.15) is 39.2 Å². The number of hydrogen-bond donors (Lipinski definition) is 0. The standard InChI is InChI=1S/C18H29N3.C2H6/c1-2-19-10-6-9-18(16-19)21-13-11-20(12-14-21)15-17-7-4-3-5-8-17;1-2/h3-5,7-8,18H,2,6,9-16H2,1H3;1-2H3. The van der Waals surface area contributed by atoms with Gasteiger partial charge in [-0.1, -0.05) is 51.1 Å². The average Bonchev–Trinajstić information content (AvgIpc) is 2.65. The lowest BCUT2D eigenvalue weighted by atomic mass is 10.0. The summed E-state index contributed by atoms with van der Waals surface area (Å²) in [4.78, 5) is 7.96. The van der Waals surface area contributed by atoms with Crippen molar-refractivity contribution in [1.82, 2.24) is 14.7 Å². The van der Waals surface area contributed by atoms with Crippen LogP contribution in [-0.2, 0) is 6.54 Å². The van der Waals surface area contributed by atoms with Crippen molar-refractivity contribution < 1.29 is 0 Å². The Kier molecular flexibility index (Phi) is 8.07. The molecule has 2 heterocycles. The molecular weight excluding hydrogens is 282 g/mol. The first-order valence-corrected chi connectivity index (χ1v) is 9.58. The first kappa shape index (κ1) is 18.4. The highest BCUT2D eigenvalue weighted by atomic mass is 15.3. The molecule has 0 bridgehead atoms. The zero-order chi connectivity index (χ0) is 16.5. The zero-order valence-corrected chi connectivity index (χ0v) is 15.4. The van der Waals surface area contributed by atoms with Crippen LogP contribution in [0.25, 0.3) is 0 Å². The average molecular weight is 318 g/mol. The molecule has 23 heavy (non-hydrogen) atoms. The topological polar surface area (TPSA) is 9.72 Å². The molecule has 1 aromatic carbocycles. The molecule has 0 spiro atoms. The molecule has 3 heteroatoms. The second kappa shape index (κ2) is 10.1. The third-order valence-corrected chi connectivity index (χ3v) is 5.10. The van der Waals surface area contributed by atoms with Crippen LogP contribution < -0.4 is 0 Å². The van der Waals surface area contributed by atoms with E-state index < -0.39 is 0 Å². The van der Waals surface area contributed by atoms with E-state index in [1.165, 1.54) is 64.2 Å². The van der Waals surface area contributed by atoms with Crippen molar-refractivity contribution in [3.05, 3.63) is 35.9 Å². The third kappa shape index (κ3) is 5.59. The minimum Gasteiger partial charge on any atom is -0.302 e. The molecule has 0 aliphatic carbocycles. The summed E-state index contributed by atoms with van der Waals surface area (Å²) in [6.07, 6.45) is 2.78. The van der Waals surface area contributed by atoms with Crippen LogP contribution in [0.3, 0.4) is 0 Å². The number of likely N-dealkylation sites (tertiary alicyclic amines) is 1. The molecule has 0 amide bonds. The molecule has 2 saturated heterocycles. The highest BCUT2D eigenvalue weighted by Crippen LogP contribution is 2.18. The largest absolute Gasteiger partial charge is 0.302 e. The Balaban J connectivity index is 0.000000924. The van der Waals surface area contributed by atoms with E-state index in [1.807, 2.05) is 13.8 Å². The molecular formula is C20H35N3. The van der Waals surface area contributed by atoms with Gasteiger partial charge in [0.15, 0.2) is 0 Å². The van der Waals surface area contributed by atoms with Gasteiger partial charge in [0.05, 0.1) is 0 Å². The first-order valence-electron chi connectivity index (χ1n) is 9.58. The van der Waals surface area contributed by atoms with Gasteiger partial charge in [0, 0.05) is 45.3 Å². The molecule has 2 fully saturated rings. The monoisotopic (exact) mass is 317 g/mol. The lowest BCUT2D eigenvalue weighted by Crippen LogP contribution is -2.54. The van der Waals surface area contributed by atoms with Crippen LogP contribution in [-0.4, -0.2) is 66.6 Å². The van der Waals surface area contributed by atoms with Gasteiger partial charge in [0.25, 0.3) is 0 Å². The van der Waals surface area contributed by atoms with Crippen molar-refractivity contribution in [2.45, 2.75) is 46.2 Å². The lowest BCUT2D eigenvalue weighted by molar-refractivity contribution is 0.0514. The highest BCUT2D eigenvalue weighted by molar-refractivity contribution is 5.14. The number of rotatable bonds is 4. The molecule has 0 radical (unpaired) electrons. The Labute approximate surface area is 143 Å². The summed E-state index contributed by atoms with van der Waals surface area (Å²) in [7, 11) is 0. The number of benzene rings is 1. The second-order valence-electron chi connectivity index (χ2n) is 6.49. The highest BCUT2D eigenvalue weighted by Gasteiger charge is 2.27. The van der Waals surface area contributed by atoms with E-state index in [9.17, 15) is 0 Å². The number of nitrogens with zero attached hydrogens (tertiary/aromatic N) is 3. The van der Waals surface area contributed by atoms with Crippen LogP contribution in [0.4, 0.5) is 0 Å². The van der Waals surface area contributed by atoms with Gasteiger partial charge in [0.1, 0.15) is 0 Å². The molecule has 2 aliphatic heterocycles. The number of piperidine rings is 1. The summed E-state index contributed by atoms with van der Waals surface area (Å²) < 4.78 is 0. The molecule has 3 nitrogen and oxygen atoms in total. The van der Waals surface area contributed by atoms with E-state index in [4.69, 9.17) is 0 Å². The maximum atomic E-state index is 2.74. The van der Waals surface area contributed by atoms with Crippen LogP contribution in [0.15, 0.2) is 30.3 Å². The second-order valence-corrected chi connectivity index (χ2v) is 6.49. The normalized spacial score (nSPS) is 24.0. The quantitative estimate of drug-likeness (QED) is 0.843. The molecule has 1 unspecified atom stereocenters. The minimum atomic E-state index is 0.803. The van der Waals surface area contributed by atoms with Gasteiger partial charge >= 0.3 is 0 Å². The van der Waals surface area contributed by atoms with Crippen LogP contribution >= 0.6 is 0 Å². The summed E-state index contributed by atoms with van der Waals surface area (Å²) in [5, 5.41) is 0. The van der Waals surface area contributed by atoms with Crippen molar-refractivity contribution in [3.63, 3.8) is 0 Å². The minimum absolute atomic E-state index is 0.803. The van der Waals surface area contributed by atoms with E-state index in [2.05, 4.69) is 52.0 Å². The van der Waals surface area contributed by atoms with Gasteiger partial charge in [-0.3, -0.25) is 9.80 Å². The van der Waals surface area contributed by atoms with E-state index in [0.717, 1.165) is 12.6 Å². The number of likely N-dealkylation sites (N-methyl/N-ethyl adjacent to an activating group) is 1. The van der Waals surface area contributed by atoms with Gasteiger partial charge in [-0.05, 0) is 31.5 Å². The molecule has 2 aliphatic rings. The predicted molar refractivity (Wildman–Crippen MR) is 99.8 cm³/mol. The molecule has 0 saturated carbocycles. The van der Waals surface area contributed by atoms with E-state index in [0.29, 0.717) is 0 Å². The van der Waals surface area contributed by atoms with Crippen molar-refractivity contribution in [2.75, 3.05) is 45.8 Å².